The summed E-state index contributed by atoms with van der Waals surface area (Å²) in [5.41, 5.74) is 18.1. The van der Waals surface area contributed by atoms with E-state index in [9.17, 15) is 0 Å². The Labute approximate surface area is 363 Å². The molecule has 0 aliphatic heterocycles. The number of aromatic nitrogens is 2. The van der Waals surface area contributed by atoms with Crippen LogP contribution in [-0.4, -0.2) is 9.13 Å². The third-order valence-electron chi connectivity index (χ3n) is 12.9. The second-order valence-electron chi connectivity index (χ2n) is 16.5. The molecule has 3 heteroatoms. The minimum absolute atomic E-state index is 0.884. The smallest absolute Gasteiger partial charge is 0.143 e. The number of benzene rings is 10. The fourth-order valence-corrected chi connectivity index (χ4v) is 9.93. The van der Waals surface area contributed by atoms with Crippen LogP contribution in [0.1, 0.15) is 0 Å². The van der Waals surface area contributed by atoms with Crippen molar-refractivity contribution >= 4 is 65.6 Å². The topological polar surface area (TPSA) is 23.0 Å². The van der Waals surface area contributed by atoms with Crippen LogP contribution >= 0.6 is 0 Å². The Balaban J connectivity index is 1.04. The van der Waals surface area contributed by atoms with E-state index in [1.54, 1.807) is 0 Å². The summed E-state index contributed by atoms with van der Waals surface area (Å²) in [5.74, 6) is 0. The quantitative estimate of drug-likeness (QED) is 0.164. The molecule has 0 bridgehead atoms. The van der Waals surface area contributed by atoms with Gasteiger partial charge in [0.2, 0.25) is 0 Å². The van der Waals surface area contributed by atoms with Gasteiger partial charge >= 0.3 is 0 Å². The first-order valence-electron chi connectivity index (χ1n) is 21.6. The lowest BCUT2D eigenvalue weighted by Gasteiger charge is -2.13. The highest BCUT2D eigenvalue weighted by molar-refractivity contribution is 6.15. The summed E-state index contributed by atoms with van der Waals surface area (Å²) in [4.78, 5) is 0. The van der Waals surface area contributed by atoms with Crippen LogP contribution in [0, 0.1) is 0 Å². The minimum Gasteiger partial charge on any atom is -0.455 e. The first-order valence-corrected chi connectivity index (χ1v) is 21.6. The molecule has 0 spiro atoms. The fraction of sp³-hybridized carbons (Fsp3) is 0. The Kier molecular flexibility index (Phi) is 7.91. The SMILES string of the molecule is c1ccc(-c2ccc(-c3cc(-n4c5ccc(-c6ccccc6)cc5c5cc(-c6ccc7c(c6)c6ccccc6n7-c6ccccc6)ccc54)cc4c3oc3ccccc34)cc2)cc1. The van der Waals surface area contributed by atoms with Gasteiger partial charge in [0.25, 0.3) is 0 Å². The standard InChI is InChI=1S/C60H38N2O/c1-4-14-39(15-5-1)41-24-26-42(27-25-41)50-37-47(38-54-49-21-11-13-23-59(49)63-60(50)54)62-57-31-28-43(40-16-6-2-7-17-40)34-52(57)53-36-45(30-33-58(53)62)44-29-32-56-51(35-44)48-20-10-12-22-55(48)61(56)46-18-8-3-9-19-46/h1-38H. The van der Waals surface area contributed by atoms with E-state index < -0.39 is 0 Å². The van der Waals surface area contributed by atoms with Crippen LogP contribution in [0.15, 0.2) is 235 Å². The van der Waals surface area contributed by atoms with Gasteiger partial charge in [0.1, 0.15) is 11.2 Å². The number of rotatable bonds is 6. The Morgan fingerprint density at radius 2 is 0.683 bits per heavy atom. The van der Waals surface area contributed by atoms with E-state index in [0.29, 0.717) is 0 Å². The summed E-state index contributed by atoms with van der Waals surface area (Å²) >= 11 is 0. The molecule has 3 nitrogen and oxygen atoms in total. The zero-order valence-electron chi connectivity index (χ0n) is 34.2. The van der Waals surface area contributed by atoms with Gasteiger partial charge in [-0.15, -0.1) is 0 Å². The average Bonchev–Trinajstić information content (AvgIpc) is 4.01. The maximum atomic E-state index is 6.70. The number of furan rings is 1. The molecule has 0 amide bonds. The van der Waals surface area contributed by atoms with Crippen molar-refractivity contribution in [2.24, 2.45) is 0 Å². The zero-order valence-corrected chi connectivity index (χ0v) is 34.2. The Hall–Kier alpha value is -8.40. The molecule has 0 atom stereocenters. The van der Waals surface area contributed by atoms with E-state index in [2.05, 4.69) is 234 Å². The van der Waals surface area contributed by atoms with Crippen molar-refractivity contribution in [1.82, 2.24) is 9.13 Å². The maximum absolute atomic E-state index is 6.70. The van der Waals surface area contributed by atoms with E-state index >= 15 is 0 Å². The number of hydrogen-bond acceptors (Lipinski definition) is 1. The minimum atomic E-state index is 0.884. The van der Waals surface area contributed by atoms with Crippen molar-refractivity contribution in [3.63, 3.8) is 0 Å². The summed E-state index contributed by atoms with van der Waals surface area (Å²) in [6.45, 7) is 0. The van der Waals surface area contributed by atoms with Crippen molar-refractivity contribution in [3.05, 3.63) is 231 Å². The van der Waals surface area contributed by atoms with E-state index in [4.69, 9.17) is 4.42 Å². The summed E-state index contributed by atoms with van der Waals surface area (Å²) in [5, 5.41) is 7.11. The van der Waals surface area contributed by atoms with Gasteiger partial charge in [0, 0.05) is 49.3 Å². The first kappa shape index (κ1) is 35.4. The molecule has 13 aromatic rings. The molecule has 0 N–H and O–H groups in total. The normalized spacial score (nSPS) is 11.8. The van der Waals surface area contributed by atoms with Gasteiger partial charge in [-0.2, -0.15) is 0 Å². The van der Waals surface area contributed by atoms with Crippen molar-refractivity contribution in [3.8, 4) is 55.9 Å². The van der Waals surface area contributed by atoms with E-state index in [1.807, 2.05) is 6.07 Å². The molecule has 13 rings (SSSR count). The molecule has 3 aromatic heterocycles. The summed E-state index contributed by atoms with van der Waals surface area (Å²) in [6, 6.07) is 83.5. The lowest BCUT2D eigenvalue weighted by atomic mass is 9.98. The lowest BCUT2D eigenvalue weighted by Crippen LogP contribution is -1.95. The largest absolute Gasteiger partial charge is 0.455 e. The monoisotopic (exact) mass is 802 g/mol. The predicted molar refractivity (Wildman–Crippen MR) is 264 cm³/mol. The summed E-state index contributed by atoms with van der Waals surface area (Å²) < 4.78 is 11.5. The molecular formula is C60H38N2O. The zero-order chi connectivity index (χ0) is 41.4. The van der Waals surface area contributed by atoms with Crippen LogP contribution in [0.25, 0.3) is 121 Å². The molecule has 3 heterocycles. The molecule has 10 aromatic carbocycles. The molecule has 0 fully saturated rings. The van der Waals surface area contributed by atoms with Gasteiger partial charge in [-0.25, -0.2) is 0 Å². The van der Waals surface area contributed by atoms with Crippen molar-refractivity contribution in [1.29, 1.82) is 0 Å². The molecule has 63 heavy (non-hydrogen) atoms. The van der Waals surface area contributed by atoms with Gasteiger partial charge in [0.05, 0.1) is 22.1 Å². The molecular weight excluding hydrogens is 765 g/mol. The van der Waals surface area contributed by atoms with Gasteiger partial charge in [-0.05, 0) is 112 Å². The van der Waals surface area contributed by atoms with Crippen LogP contribution in [0.2, 0.25) is 0 Å². The van der Waals surface area contributed by atoms with Crippen molar-refractivity contribution < 1.29 is 4.42 Å². The number of nitrogens with zero attached hydrogens (tertiary/aromatic N) is 2. The average molecular weight is 803 g/mol. The van der Waals surface area contributed by atoms with Crippen LogP contribution in [0.3, 0.4) is 0 Å². The van der Waals surface area contributed by atoms with Crippen LogP contribution in [0.5, 0.6) is 0 Å². The summed E-state index contributed by atoms with van der Waals surface area (Å²) in [6.07, 6.45) is 0. The van der Waals surface area contributed by atoms with Crippen LogP contribution in [-0.2, 0) is 0 Å². The van der Waals surface area contributed by atoms with E-state index in [1.165, 1.54) is 66.0 Å². The fourth-order valence-electron chi connectivity index (χ4n) is 9.93. The van der Waals surface area contributed by atoms with Crippen LogP contribution in [0.4, 0.5) is 0 Å². The highest BCUT2D eigenvalue weighted by Crippen LogP contribution is 2.43. The second-order valence-corrected chi connectivity index (χ2v) is 16.5. The third kappa shape index (κ3) is 5.67. The Morgan fingerprint density at radius 3 is 1.32 bits per heavy atom. The molecule has 0 unspecified atom stereocenters. The highest BCUT2D eigenvalue weighted by Gasteiger charge is 2.20. The van der Waals surface area contributed by atoms with Gasteiger partial charge in [-0.3, -0.25) is 0 Å². The van der Waals surface area contributed by atoms with Gasteiger partial charge < -0.3 is 13.6 Å². The molecule has 294 valence electrons. The Bertz CT molecular complexity index is 3870. The van der Waals surface area contributed by atoms with Gasteiger partial charge in [-0.1, -0.05) is 158 Å². The lowest BCUT2D eigenvalue weighted by molar-refractivity contribution is 0.670. The molecule has 0 aliphatic carbocycles. The molecule has 0 saturated carbocycles. The molecule has 0 radical (unpaired) electrons. The van der Waals surface area contributed by atoms with Crippen molar-refractivity contribution in [2.45, 2.75) is 0 Å². The maximum Gasteiger partial charge on any atom is 0.143 e. The van der Waals surface area contributed by atoms with Crippen molar-refractivity contribution in [2.75, 3.05) is 0 Å². The number of fused-ring (bicyclic) bond motifs is 9. The molecule has 0 saturated heterocycles. The number of hydrogen-bond donors (Lipinski definition) is 0. The number of para-hydroxylation sites is 3. The second kappa shape index (κ2) is 14.1. The third-order valence-corrected chi connectivity index (χ3v) is 12.9. The van der Waals surface area contributed by atoms with E-state index in [-0.39, 0.29) is 0 Å². The van der Waals surface area contributed by atoms with Crippen LogP contribution < -0.4 is 0 Å². The predicted octanol–water partition coefficient (Wildman–Crippen LogP) is 16.4. The first-order chi connectivity index (χ1) is 31.2. The Morgan fingerprint density at radius 1 is 0.254 bits per heavy atom. The van der Waals surface area contributed by atoms with Gasteiger partial charge in [0.15, 0.2) is 0 Å². The van der Waals surface area contributed by atoms with E-state index in [0.717, 1.165) is 55.5 Å². The summed E-state index contributed by atoms with van der Waals surface area (Å²) in [7, 11) is 0. The highest BCUT2D eigenvalue weighted by atomic mass is 16.3. The molecule has 0 aliphatic rings.